The van der Waals surface area contributed by atoms with Crippen LogP contribution < -0.4 is 5.73 Å². The van der Waals surface area contributed by atoms with Gasteiger partial charge in [-0.05, 0) is 47.2 Å². The average molecular weight is 284 g/mol. The molecule has 1 aromatic carbocycles. The van der Waals surface area contributed by atoms with Crippen LogP contribution in [0.15, 0.2) is 30.5 Å². The first-order valence-electron chi connectivity index (χ1n) is 7.22. The van der Waals surface area contributed by atoms with Crippen LogP contribution in [0.25, 0.3) is 10.9 Å². The molecule has 6 nitrogen and oxygen atoms in total. The minimum absolute atomic E-state index is 0.230. The number of hydrogen-bond donors (Lipinski definition) is 1. The van der Waals surface area contributed by atoms with E-state index in [1.54, 1.807) is 7.05 Å². The van der Waals surface area contributed by atoms with Gasteiger partial charge in [0.15, 0.2) is 5.82 Å². The second-order valence-electron chi connectivity index (χ2n) is 5.40. The zero-order chi connectivity index (χ0) is 14.8. The lowest BCUT2D eigenvalue weighted by atomic mass is 10.0. The maximum absolute atomic E-state index is 6.03. The van der Waals surface area contributed by atoms with Gasteiger partial charge in [-0.1, -0.05) is 13.0 Å². The van der Waals surface area contributed by atoms with Gasteiger partial charge >= 0.3 is 0 Å². The lowest BCUT2D eigenvalue weighted by Gasteiger charge is -2.09. The Morgan fingerprint density at radius 1 is 1.29 bits per heavy atom. The summed E-state index contributed by atoms with van der Waals surface area (Å²) in [6, 6.07) is 8.85. The number of fused-ring (bicyclic) bond motifs is 1. The summed E-state index contributed by atoms with van der Waals surface area (Å²) in [6.45, 7) is 2.75. The first-order valence-corrected chi connectivity index (χ1v) is 7.22. The topological polar surface area (TPSA) is 74.6 Å². The fourth-order valence-corrected chi connectivity index (χ4v) is 2.50. The Kier molecular flexibility index (Phi) is 3.70. The quantitative estimate of drug-likeness (QED) is 0.770. The molecule has 0 saturated carbocycles. The van der Waals surface area contributed by atoms with Crippen molar-refractivity contribution in [2.45, 2.75) is 32.4 Å². The molecule has 0 aliphatic carbocycles. The number of benzene rings is 1. The first kappa shape index (κ1) is 13.8. The molecule has 6 heteroatoms. The van der Waals surface area contributed by atoms with Crippen molar-refractivity contribution >= 4 is 10.9 Å². The fraction of sp³-hybridized carbons (Fsp3) is 0.400. The minimum Gasteiger partial charge on any atom is -0.340 e. The molecule has 2 heterocycles. The van der Waals surface area contributed by atoms with Gasteiger partial charge in [-0.25, -0.2) is 0 Å². The van der Waals surface area contributed by atoms with Crippen LogP contribution in [0.1, 0.15) is 24.7 Å². The lowest BCUT2D eigenvalue weighted by molar-refractivity contribution is 0.625. The molecule has 2 aromatic heterocycles. The van der Waals surface area contributed by atoms with Crippen molar-refractivity contribution in [3.63, 3.8) is 0 Å². The predicted molar refractivity (Wildman–Crippen MR) is 81.8 cm³/mol. The molecule has 21 heavy (non-hydrogen) atoms. The molecule has 1 unspecified atom stereocenters. The Morgan fingerprint density at radius 2 is 2.14 bits per heavy atom. The van der Waals surface area contributed by atoms with Crippen LogP contribution in [-0.4, -0.2) is 30.8 Å². The van der Waals surface area contributed by atoms with E-state index in [2.05, 4.69) is 57.4 Å². The second kappa shape index (κ2) is 5.65. The molecule has 0 radical (unpaired) electrons. The third kappa shape index (κ3) is 2.95. The summed E-state index contributed by atoms with van der Waals surface area (Å²) < 4.78 is 2.13. The molecule has 110 valence electrons. The molecule has 0 spiro atoms. The second-order valence-corrected chi connectivity index (χ2v) is 5.40. The van der Waals surface area contributed by atoms with Crippen LogP contribution >= 0.6 is 0 Å². The van der Waals surface area contributed by atoms with Gasteiger partial charge in [0.25, 0.3) is 0 Å². The molecular weight excluding hydrogens is 264 g/mol. The van der Waals surface area contributed by atoms with E-state index in [9.17, 15) is 0 Å². The first-order chi connectivity index (χ1) is 10.2. The van der Waals surface area contributed by atoms with E-state index in [4.69, 9.17) is 5.73 Å². The summed E-state index contributed by atoms with van der Waals surface area (Å²) >= 11 is 0. The van der Waals surface area contributed by atoms with E-state index in [0.29, 0.717) is 12.4 Å². The van der Waals surface area contributed by atoms with Crippen molar-refractivity contribution in [2.24, 2.45) is 12.8 Å². The Bertz CT molecular complexity index is 742. The smallest absolute Gasteiger partial charge is 0.194 e. The molecule has 2 N–H and O–H groups in total. The van der Waals surface area contributed by atoms with E-state index in [-0.39, 0.29) is 6.04 Å². The highest BCUT2D eigenvalue weighted by Gasteiger charge is 2.07. The van der Waals surface area contributed by atoms with Gasteiger partial charge in [-0.2, -0.15) is 4.80 Å². The molecule has 3 aromatic rings. The average Bonchev–Trinajstić information content (AvgIpc) is 3.06. The van der Waals surface area contributed by atoms with Crippen LogP contribution in [0.2, 0.25) is 0 Å². The summed E-state index contributed by atoms with van der Waals surface area (Å²) in [7, 11) is 1.77. The van der Waals surface area contributed by atoms with E-state index < -0.39 is 0 Å². The standard InChI is InChI=1S/C15H20N6/c1-3-13(16)9-11-4-5-14-12(8-11)6-7-21(14)10-15-17-19-20(2)18-15/h4-8,13H,3,9-10,16H2,1-2H3. The van der Waals surface area contributed by atoms with Gasteiger partial charge in [-0.15, -0.1) is 10.2 Å². The van der Waals surface area contributed by atoms with Gasteiger partial charge in [-0.3, -0.25) is 0 Å². The monoisotopic (exact) mass is 284 g/mol. The van der Waals surface area contributed by atoms with Crippen molar-refractivity contribution in [1.29, 1.82) is 0 Å². The highest BCUT2D eigenvalue weighted by molar-refractivity contribution is 5.81. The van der Waals surface area contributed by atoms with Crippen molar-refractivity contribution in [3.8, 4) is 0 Å². The Balaban J connectivity index is 1.85. The molecule has 0 fully saturated rings. The van der Waals surface area contributed by atoms with E-state index in [0.717, 1.165) is 12.8 Å². The van der Waals surface area contributed by atoms with Crippen molar-refractivity contribution in [1.82, 2.24) is 24.8 Å². The zero-order valence-electron chi connectivity index (χ0n) is 12.4. The van der Waals surface area contributed by atoms with Crippen LogP contribution in [0.3, 0.4) is 0 Å². The van der Waals surface area contributed by atoms with Gasteiger partial charge in [0.2, 0.25) is 0 Å². The molecule has 3 rings (SSSR count). The predicted octanol–water partition coefficient (Wildman–Crippen LogP) is 1.49. The van der Waals surface area contributed by atoms with Crippen LogP contribution in [0, 0.1) is 0 Å². The van der Waals surface area contributed by atoms with Crippen LogP contribution in [0.4, 0.5) is 0 Å². The Hall–Kier alpha value is -2.21. The number of aryl methyl sites for hydroxylation is 1. The van der Waals surface area contributed by atoms with Gasteiger partial charge in [0.1, 0.15) is 0 Å². The third-order valence-corrected chi connectivity index (χ3v) is 3.72. The van der Waals surface area contributed by atoms with Crippen LogP contribution in [-0.2, 0) is 20.0 Å². The number of nitrogens with zero attached hydrogens (tertiary/aromatic N) is 5. The normalized spacial score (nSPS) is 12.9. The van der Waals surface area contributed by atoms with Crippen LogP contribution in [0.5, 0.6) is 0 Å². The van der Waals surface area contributed by atoms with Crippen molar-refractivity contribution < 1.29 is 0 Å². The molecule has 1 atom stereocenters. The van der Waals surface area contributed by atoms with Gasteiger partial charge in [0.05, 0.1) is 13.6 Å². The van der Waals surface area contributed by atoms with Gasteiger partial charge < -0.3 is 10.3 Å². The molecular formula is C15H20N6. The molecule has 0 amide bonds. The van der Waals surface area contributed by atoms with E-state index in [1.165, 1.54) is 21.3 Å². The fourth-order valence-electron chi connectivity index (χ4n) is 2.50. The van der Waals surface area contributed by atoms with Crippen molar-refractivity contribution in [3.05, 3.63) is 41.9 Å². The lowest BCUT2D eigenvalue weighted by Crippen LogP contribution is -2.21. The number of aromatic nitrogens is 5. The molecule has 0 bridgehead atoms. The molecule has 0 saturated heterocycles. The summed E-state index contributed by atoms with van der Waals surface area (Å²) in [6.07, 6.45) is 3.98. The molecule has 0 aliphatic rings. The SMILES string of the molecule is CCC(N)Cc1ccc2c(ccn2Cc2nnn(C)n2)c1. The maximum Gasteiger partial charge on any atom is 0.194 e. The summed E-state index contributed by atoms with van der Waals surface area (Å²) in [4.78, 5) is 1.48. The highest BCUT2D eigenvalue weighted by atomic mass is 15.6. The minimum atomic E-state index is 0.230. The number of hydrogen-bond acceptors (Lipinski definition) is 4. The van der Waals surface area contributed by atoms with Crippen molar-refractivity contribution in [2.75, 3.05) is 0 Å². The molecule has 0 aliphatic heterocycles. The van der Waals surface area contributed by atoms with E-state index in [1.807, 2.05) is 0 Å². The van der Waals surface area contributed by atoms with Gasteiger partial charge in [0, 0.05) is 17.8 Å². The maximum atomic E-state index is 6.03. The Labute approximate surface area is 123 Å². The largest absolute Gasteiger partial charge is 0.340 e. The Morgan fingerprint density at radius 3 is 2.86 bits per heavy atom. The number of nitrogens with two attached hydrogens (primary N) is 1. The summed E-state index contributed by atoms with van der Waals surface area (Å²) in [5.41, 5.74) is 8.49. The number of tetrazole rings is 1. The summed E-state index contributed by atoms with van der Waals surface area (Å²) in [5.74, 6) is 0.715. The third-order valence-electron chi connectivity index (χ3n) is 3.72. The highest BCUT2D eigenvalue weighted by Crippen LogP contribution is 2.19. The number of rotatable bonds is 5. The van der Waals surface area contributed by atoms with E-state index >= 15 is 0 Å². The zero-order valence-corrected chi connectivity index (χ0v) is 12.4. The summed E-state index contributed by atoms with van der Waals surface area (Å²) in [5, 5.41) is 13.3.